The van der Waals surface area contributed by atoms with E-state index in [4.69, 9.17) is 9.47 Å². The van der Waals surface area contributed by atoms with Gasteiger partial charge in [0.2, 0.25) is 0 Å². The Morgan fingerprint density at radius 2 is 1.58 bits per heavy atom. The maximum Gasteiger partial charge on any atom is 0.357 e. The molecule has 1 aliphatic rings. The average molecular weight is 348 g/mol. The third-order valence-electron chi connectivity index (χ3n) is 4.30. The van der Waals surface area contributed by atoms with Gasteiger partial charge in [-0.2, -0.15) is 0 Å². The van der Waals surface area contributed by atoms with Gasteiger partial charge in [0.25, 0.3) is 0 Å². The minimum atomic E-state index is -2.60. The second-order valence-electron chi connectivity index (χ2n) is 6.50. The van der Waals surface area contributed by atoms with E-state index in [1.165, 1.54) is 32.1 Å². The van der Waals surface area contributed by atoms with Gasteiger partial charge in [0.15, 0.2) is 6.10 Å². The highest BCUT2D eigenvalue weighted by Crippen LogP contribution is 2.26. The van der Waals surface area contributed by atoms with Crippen molar-refractivity contribution in [1.82, 2.24) is 0 Å². The molecule has 1 fully saturated rings. The van der Waals surface area contributed by atoms with Crippen molar-refractivity contribution in [3.05, 3.63) is 0 Å². The van der Waals surface area contributed by atoms with E-state index in [0.29, 0.717) is 6.42 Å². The van der Waals surface area contributed by atoms with Crippen molar-refractivity contribution >= 4 is 5.97 Å². The van der Waals surface area contributed by atoms with E-state index in [1.54, 1.807) is 0 Å². The van der Waals surface area contributed by atoms with Crippen LogP contribution in [0.15, 0.2) is 0 Å². The molecule has 0 radical (unpaired) electrons. The summed E-state index contributed by atoms with van der Waals surface area (Å²) in [5.41, 5.74) is 0. The van der Waals surface area contributed by atoms with Gasteiger partial charge in [-0.25, -0.2) is 0 Å². The molecule has 1 saturated heterocycles. The van der Waals surface area contributed by atoms with Crippen molar-refractivity contribution in [3.63, 3.8) is 0 Å². The van der Waals surface area contributed by atoms with Crippen molar-refractivity contribution in [2.24, 2.45) is 0 Å². The molecule has 1 rings (SSSR count). The highest BCUT2D eigenvalue weighted by molar-refractivity contribution is 5.69. The molecule has 1 aliphatic heterocycles. The van der Waals surface area contributed by atoms with Crippen molar-refractivity contribution in [2.75, 3.05) is 6.61 Å². The molecule has 0 aromatic rings. The summed E-state index contributed by atoms with van der Waals surface area (Å²) in [6, 6.07) is 0. The standard InChI is InChI=1S/C17H32O7/c1-2-3-4-5-6-7-8-9-10-11-14(19)24-17(22)16(21)15(20)13(18)12-23-17/h13,15-16,18,20-22H,2-12H2,1H3/t13-,15+,16-,17?/m1/s1. The Morgan fingerprint density at radius 3 is 2.17 bits per heavy atom. The normalized spacial score (nSPS) is 30.3. The summed E-state index contributed by atoms with van der Waals surface area (Å²) >= 11 is 0. The fraction of sp³-hybridized carbons (Fsp3) is 0.941. The lowest BCUT2D eigenvalue weighted by Crippen LogP contribution is -2.62. The van der Waals surface area contributed by atoms with E-state index in [9.17, 15) is 25.2 Å². The first-order valence-electron chi connectivity index (χ1n) is 9.03. The molecule has 0 spiro atoms. The number of ether oxygens (including phenoxy) is 2. The predicted octanol–water partition coefficient (Wildman–Crippen LogP) is 1.21. The molecule has 0 aliphatic carbocycles. The Labute approximate surface area is 143 Å². The van der Waals surface area contributed by atoms with Gasteiger partial charge in [0.1, 0.15) is 12.2 Å². The van der Waals surface area contributed by atoms with Crippen molar-refractivity contribution in [1.29, 1.82) is 0 Å². The van der Waals surface area contributed by atoms with Crippen LogP contribution in [0.3, 0.4) is 0 Å². The predicted molar refractivity (Wildman–Crippen MR) is 86.9 cm³/mol. The van der Waals surface area contributed by atoms with Gasteiger partial charge in [0, 0.05) is 6.42 Å². The van der Waals surface area contributed by atoms with Gasteiger partial charge < -0.3 is 29.9 Å². The van der Waals surface area contributed by atoms with Gasteiger partial charge in [-0.15, -0.1) is 0 Å². The zero-order valence-electron chi connectivity index (χ0n) is 14.5. The summed E-state index contributed by atoms with van der Waals surface area (Å²) in [4.78, 5) is 11.7. The Hall–Kier alpha value is -0.730. The molecule has 0 saturated carbocycles. The second-order valence-corrected chi connectivity index (χ2v) is 6.50. The van der Waals surface area contributed by atoms with Crippen molar-refractivity contribution in [2.45, 2.75) is 95.4 Å². The minimum Gasteiger partial charge on any atom is -0.406 e. The van der Waals surface area contributed by atoms with E-state index < -0.39 is 36.9 Å². The Balaban J connectivity index is 2.13. The molecule has 7 nitrogen and oxygen atoms in total. The quantitative estimate of drug-likeness (QED) is 0.252. The maximum absolute atomic E-state index is 11.7. The van der Waals surface area contributed by atoms with E-state index in [1.807, 2.05) is 0 Å². The summed E-state index contributed by atoms with van der Waals surface area (Å²) in [5, 5.41) is 38.5. The average Bonchev–Trinajstić information content (AvgIpc) is 2.55. The monoisotopic (exact) mass is 348 g/mol. The van der Waals surface area contributed by atoms with Gasteiger partial charge in [-0.3, -0.25) is 4.79 Å². The molecular weight excluding hydrogens is 316 g/mol. The molecule has 0 aromatic heterocycles. The molecule has 4 N–H and O–H groups in total. The van der Waals surface area contributed by atoms with E-state index in [2.05, 4.69) is 6.92 Å². The summed E-state index contributed by atoms with van der Waals surface area (Å²) in [6.07, 6.45) is 5.22. The highest BCUT2D eigenvalue weighted by atomic mass is 16.8. The first-order chi connectivity index (χ1) is 11.4. The number of rotatable bonds is 11. The summed E-state index contributed by atoms with van der Waals surface area (Å²) in [5.74, 6) is -3.31. The maximum atomic E-state index is 11.7. The van der Waals surface area contributed by atoms with Crippen molar-refractivity contribution < 1.29 is 34.7 Å². The molecule has 0 bridgehead atoms. The molecule has 4 atom stereocenters. The molecular formula is C17H32O7. The molecule has 7 heteroatoms. The summed E-state index contributed by atoms with van der Waals surface area (Å²) in [7, 11) is 0. The largest absolute Gasteiger partial charge is 0.406 e. The zero-order chi connectivity index (χ0) is 18.0. The summed E-state index contributed by atoms with van der Waals surface area (Å²) < 4.78 is 9.53. The van der Waals surface area contributed by atoms with Gasteiger partial charge in [-0.1, -0.05) is 58.3 Å². The SMILES string of the molecule is CCCCCCCCCCCC(=O)OC1(O)OC[C@@H](O)[C@H](O)[C@H]1O. The lowest BCUT2D eigenvalue weighted by atomic mass is 10.0. The first-order valence-corrected chi connectivity index (χ1v) is 9.03. The van der Waals surface area contributed by atoms with Crippen LogP contribution in [0.25, 0.3) is 0 Å². The molecule has 1 heterocycles. The van der Waals surface area contributed by atoms with Gasteiger partial charge in [0.05, 0.1) is 6.61 Å². The second kappa shape index (κ2) is 11.0. The third kappa shape index (κ3) is 7.03. The number of hydrogen-bond donors (Lipinski definition) is 4. The van der Waals surface area contributed by atoms with Crippen LogP contribution in [0, 0.1) is 0 Å². The Bertz CT molecular complexity index is 363. The van der Waals surface area contributed by atoms with Crippen LogP contribution in [0.2, 0.25) is 0 Å². The number of unbranched alkanes of at least 4 members (excludes halogenated alkanes) is 8. The Morgan fingerprint density at radius 1 is 1.04 bits per heavy atom. The zero-order valence-corrected chi connectivity index (χ0v) is 14.5. The molecule has 0 amide bonds. The van der Waals surface area contributed by atoms with Crippen LogP contribution in [0.4, 0.5) is 0 Å². The van der Waals surface area contributed by atoms with Crippen LogP contribution in [-0.2, 0) is 14.3 Å². The third-order valence-corrected chi connectivity index (χ3v) is 4.30. The molecule has 0 aromatic carbocycles. The van der Waals surface area contributed by atoms with Crippen LogP contribution in [0.1, 0.15) is 71.1 Å². The van der Waals surface area contributed by atoms with E-state index in [-0.39, 0.29) is 6.42 Å². The minimum absolute atomic E-state index is 0.104. The fourth-order valence-electron chi connectivity index (χ4n) is 2.70. The Kier molecular flexibility index (Phi) is 9.76. The number of carbonyl (C=O) groups is 1. The lowest BCUT2D eigenvalue weighted by Gasteiger charge is -2.39. The van der Waals surface area contributed by atoms with E-state index in [0.717, 1.165) is 19.3 Å². The topological polar surface area (TPSA) is 116 Å². The van der Waals surface area contributed by atoms with Crippen LogP contribution >= 0.6 is 0 Å². The van der Waals surface area contributed by atoms with E-state index >= 15 is 0 Å². The van der Waals surface area contributed by atoms with Crippen LogP contribution in [0.5, 0.6) is 0 Å². The molecule has 1 unspecified atom stereocenters. The lowest BCUT2D eigenvalue weighted by molar-refractivity contribution is -0.415. The first kappa shape index (κ1) is 21.3. The molecule has 24 heavy (non-hydrogen) atoms. The number of hydrogen-bond acceptors (Lipinski definition) is 7. The van der Waals surface area contributed by atoms with Crippen molar-refractivity contribution in [3.8, 4) is 0 Å². The number of aliphatic hydroxyl groups excluding tert-OH is 3. The summed E-state index contributed by atoms with van der Waals surface area (Å²) in [6.45, 7) is 1.76. The number of carbonyl (C=O) groups excluding carboxylic acids is 1. The van der Waals surface area contributed by atoms with Gasteiger partial charge in [-0.05, 0) is 6.42 Å². The number of aliphatic hydroxyl groups is 4. The molecule has 142 valence electrons. The smallest absolute Gasteiger partial charge is 0.357 e. The highest BCUT2D eigenvalue weighted by Gasteiger charge is 2.51. The van der Waals surface area contributed by atoms with Gasteiger partial charge >= 0.3 is 11.9 Å². The fourth-order valence-corrected chi connectivity index (χ4v) is 2.70. The number of esters is 1. The van der Waals surface area contributed by atoms with Crippen LogP contribution < -0.4 is 0 Å². The van der Waals surface area contributed by atoms with Crippen LogP contribution in [-0.4, -0.2) is 57.3 Å².